The number of ether oxygens (including phenoxy) is 1. The van der Waals surface area contributed by atoms with Crippen LogP contribution in [-0.4, -0.2) is 24.5 Å². The third kappa shape index (κ3) is 5.08. The van der Waals surface area contributed by atoms with Crippen molar-refractivity contribution in [1.29, 1.82) is 0 Å². The summed E-state index contributed by atoms with van der Waals surface area (Å²) >= 11 is 0. The summed E-state index contributed by atoms with van der Waals surface area (Å²) < 4.78 is 5.19. The fourth-order valence-electron chi connectivity index (χ4n) is 2.81. The van der Waals surface area contributed by atoms with E-state index in [9.17, 15) is 4.79 Å². The summed E-state index contributed by atoms with van der Waals surface area (Å²) in [5, 5.41) is 3.07. The Kier molecular flexibility index (Phi) is 6.79. The number of benzene rings is 1. The molecule has 1 atom stereocenters. The Morgan fingerprint density at radius 3 is 2.54 bits per heavy atom. The minimum atomic E-state index is -0.144. The number of aryl methyl sites for hydroxylation is 1. The summed E-state index contributed by atoms with van der Waals surface area (Å²) in [5.41, 5.74) is 2.22. The summed E-state index contributed by atoms with van der Waals surface area (Å²) in [5.74, 6) is 0.977. The van der Waals surface area contributed by atoms with Crippen LogP contribution < -0.4 is 10.1 Å². The molecule has 0 saturated carbocycles. The van der Waals surface area contributed by atoms with Crippen LogP contribution in [0, 0.1) is 5.92 Å². The van der Waals surface area contributed by atoms with Gasteiger partial charge in [-0.25, -0.2) is 0 Å². The van der Waals surface area contributed by atoms with Gasteiger partial charge in [0.1, 0.15) is 5.75 Å². The van der Waals surface area contributed by atoms with Crippen molar-refractivity contribution in [1.82, 2.24) is 10.3 Å². The largest absolute Gasteiger partial charge is 0.497 e. The average Bonchev–Trinajstić information content (AvgIpc) is 2.60. The van der Waals surface area contributed by atoms with Gasteiger partial charge < -0.3 is 10.1 Å². The molecule has 24 heavy (non-hydrogen) atoms. The molecule has 0 aliphatic rings. The first-order valence-electron chi connectivity index (χ1n) is 8.42. The molecule has 1 N–H and O–H groups in total. The van der Waals surface area contributed by atoms with Crippen LogP contribution in [0.25, 0.3) is 0 Å². The van der Waals surface area contributed by atoms with Gasteiger partial charge in [-0.1, -0.05) is 32.0 Å². The predicted octanol–water partition coefficient (Wildman–Crippen LogP) is 3.58. The molecular formula is C20H26N2O2. The third-order valence-corrected chi connectivity index (χ3v) is 4.09. The van der Waals surface area contributed by atoms with Crippen molar-refractivity contribution in [2.45, 2.75) is 32.6 Å². The summed E-state index contributed by atoms with van der Waals surface area (Å²) in [6.45, 7) is 4.82. The van der Waals surface area contributed by atoms with Gasteiger partial charge in [-0.15, -0.1) is 0 Å². The highest BCUT2D eigenvalue weighted by Gasteiger charge is 2.23. The van der Waals surface area contributed by atoms with Gasteiger partial charge in [0.25, 0.3) is 0 Å². The van der Waals surface area contributed by atoms with Crippen molar-refractivity contribution in [3.8, 4) is 5.75 Å². The van der Waals surface area contributed by atoms with Gasteiger partial charge in [0, 0.05) is 18.9 Å². The van der Waals surface area contributed by atoms with Gasteiger partial charge in [-0.2, -0.15) is 0 Å². The minimum Gasteiger partial charge on any atom is -0.497 e. The average molecular weight is 326 g/mol. The molecule has 1 heterocycles. The highest BCUT2D eigenvalue weighted by Crippen LogP contribution is 2.26. The van der Waals surface area contributed by atoms with Crippen LogP contribution in [0.2, 0.25) is 0 Å². The molecule has 0 spiro atoms. The molecule has 4 heteroatoms. The normalized spacial score (nSPS) is 12.0. The lowest BCUT2D eigenvalue weighted by atomic mass is 9.87. The van der Waals surface area contributed by atoms with Gasteiger partial charge in [0.05, 0.1) is 13.0 Å². The maximum absolute atomic E-state index is 12.6. The van der Waals surface area contributed by atoms with Crippen molar-refractivity contribution in [3.63, 3.8) is 0 Å². The van der Waals surface area contributed by atoms with Crippen molar-refractivity contribution < 1.29 is 9.53 Å². The van der Waals surface area contributed by atoms with E-state index in [1.807, 2.05) is 36.5 Å². The number of pyridine rings is 1. The first-order valence-corrected chi connectivity index (χ1v) is 8.42. The molecule has 0 aliphatic heterocycles. The second kappa shape index (κ2) is 9.06. The van der Waals surface area contributed by atoms with E-state index in [0.717, 1.165) is 24.2 Å². The Labute approximate surface area is 144 Å². The maximum Gasteiger partial charge on any atom is 0.227 e. The second-order valence-electron chi connectivity index (χ2n) is 6.25. The Hall–Kier alpha value is -2.36. The number of rotatable bonds is 8. The third-order valence-electron chi connectivity index (χ3n) is 4.09. The van der Waals surface area contributed by atoms with E-state index in [1.165, 1.54) is 5.56 Å². The lowest BCUT2D eigenvalue weighted by Gasteiger charge is -2.21. The quantitative estimate of drug-likeness (QED) is 0.754. The van der Waals surface area contributed by atoms with Crippen LogP contribution in [0.15, 0.2) is 48.8 Å². The van der Waals surface area contributed by atoms with E-state index >= 15 is 0 Å². The molecule has 4 nitrogen and oxygen atoms in total. The number of nitrogens with one attached hydrogen (secondary N) is 1. The molecule has 2 rings (SSSR count). The SMILES string of the molecule is COc1ccc(C(C(=O)NCCCc2cccnc2)C(C)C)cc1. The van der Waals surface area contributed by atoms with E-state index in [4.69, 9.17) is 4.74 Å². The molecule has 1 aromatic heterocycles. The zero-order valence-corrected chi connectivity index (χ0v) is 14.7. The van der Waals surface area contributed by atoms with E-state index in [2.05, 4.69) is 30.2 Å². The fourth-order valence-corrected chi connectivity index (χ4v) is 2.81. The molecule has 0 bridgehead atoms. The van der Waals surface area contributed by atoms with Crippen molar-refractivity contribution in [2.75, 3.05) is 13.7 Å². The Bertz CT molecular complexity index is 624. The van der Waals surface area contributed by atoms with Gasteiger partial charge >= 0.3 is 0 Å². The minimum absolute atomic E-state index is 0.0846. The fraction of sp³-hybridized carbons (Fsp3) is 0.400. The summed E-state index contributed by atoms with van der Waals surface area (Å²) in [6.07, 6.45) is 5.47. The van der Waals surface area contributed by atoms with Crippen LogP contribution in [0.4, 0.5) is 0 Å². The lowest BCUT2D eigenvalue weighted by molar-refractivity contribution is -0.123. The molecule has 0 saturated heterocycles. The highest BCUT2D eigenvalue weighted by molar-refractivity contribution is 5.83. The predicted molar refractivity (Wildman–Crippen MR) is 96.1 cm³/mol. The van der Waals surface area contributed by atoms with Crippen LogP contribution in [0.3, 0.4) is 0 Å². The first-order chi connectivity index (χ1) is 11.6. The molecule has 1 amide bonds. The standard InChI is InChI=1S/C20H26N2O2/c1-15(2)19(17-8-10-18(24-3)11-9-17)20(23)22-13-5-7-16-6-4-12-21-14-16/h4,6,8-12,14-15,19H,5,7,13H2,1-3H3,(H,22,23). The number of hydrogen-bond acceptors (Lipinski definition) is 3. The zero-order valence-electron chi connectivity index (χ0n) is 14.7. The summed E-state index contributed by atoms with van der Waals surface area (Å²) in [7, 11) is 1.64. The van der Waals surface area contributed by atoms with E-state index in [1.54, 1.807) is 13.3 Å². The topological polar surface area (TPSA) is 51.2 Å². The van der Waals surface area contributed by atoms with E-state index < -0.39 is 0 Å². The van der Waals surface area contributed by atoms with E-state index in [-0.39, 0.29) is 17.7 Å². The zero-order chi connectivity index (χ0) is 17.4. The molecule has 128 valence electrons. The lowest BCUT2D eigenvalue weighted by Crippen LogP contribution is -2.32. The number of carbonyl (C=O) groups is 1. The maximum atomic E-state index is 12.6. The molecule has 1 unspecified atom stereocenters. The second-order valence-corrected chi connectivity index (χ2v) is 6.25. The van der Waals surface area contributed by atoms with Crippen molar-refractivity contribution >= 4 is 5.91 Å². The molecule has 0 aliphatic carbocycles. The van der Waals surface area contributed by atoms with E-state index in [0.29, 0.717) is 6.54 Å². The van der Waals surface area contributed by atoms with Gasteiger partial charge in [-0.05, 0) is 48.1 Å². The summed E-state index contributed by atoms with van der Waals surface area (Å²) in [4.78, 5) is 16.7. The number of carbonyl (C=O) groups excluding carboxylic acids is 1. The van der Waals surface area contributed by atoms with Crippen molar-refractivity contribution in [2.24, 2.45) is 5.92 Å². The number of hydrogen-bond donors (Lipinski definition) is 1. The van der Waals surface area contributed by atoms with Crippen LogP contribution >= 0.6 is 0 Å². The monoisotopic (exact) mass is 326 g/mol. The molecular weight excluding hydrogens is 300 g/mol. The van der Waals surface area contributed by atoms with Gasteiger partial charge in [0.15, 0.2) is 0 Å². The number of nitrogens with zero attached hydrogens (tertiary/aromatic N) is 1. The Balaban J connectivity index is 1.89. The molecule has 0 fully saturated rings. The van der Waals surface area contributed by atoms with Crippen LogP contribution in [0.5, 0.6) is 5.75 Å². The number of amides is 1. The van der Waals surface area contributed by atoms with Crippen LogP contribution in [0.1, 0.15) is 37.3 Å². The smallest absolute Gasteiger partial charge is 0.227 e. The Morgan fingerprint density at radius 2 is 1.96 bits per heavy atom. The van der Waals surface area contributed by atoms with Gasteiger partial charge in [0.2, 0.25) is 5.91 Å². The molecule has 0 radical (unpaired) electrons. The number of aromatic nitrogens is 1. The van der Waals surface area contributed by atoms with Crippen molar-refractivity contribution in [3.05, 3.63) is 59.9 Å². The number of methoxy groups -OCH3 is 1. The van der Waals surface area contributed by atoms with Gasteiger partial charge in [-0.3, -0.25) is 9.78 Å². The van der Waals surface area contributed by atoms with Crippen LogP contribution in [-0.2, 0) is 11.2 Å². The molecule has 1 aromatic carbocycles. The Morgan fingerprint density at radius 1 is 1.21 bits per heavy atom. The highest BCUT2D eigenvalue weighted by atomic mass is 16.5. The summed E-state index contributed by atoms with van der Waals surface area (Å²) in [6, 6.07) is 11.7. The first kappa shape index (κ1) is 18.0. The molecule has 2 aromatic rings.